The maximum atomic E-state index is 12.0. The van der Waals surface area contributed by atoms with E-state index in [2.05, 4.69) is 10.2 Å². The van der Waals surface area contributed by atoms with Crippen molar-refractivity contribution in [2.45, 2.75) is 19.4 Å². The van der Waals surface area contributed by atoms with Crippen molar-refractivity contribution in [1.29, 1.82) is 0 Å². The van der Waals surface area contributed by atoms with Gasteiger partial charge in [0.25, 0.3) is 5.91 Å². The van der Waals surface area contributed by atoms with Crippen molar-refractivity contribution < 1.29 is 9.90 Å². The van der Waals surface area contributed by atoms with E-state index in [0.29, 0.717) is 11.1 Å². The molecule has 1 atom stereocenters. The minimum Gasteiger partial charge on any atom is -0.508 e. The summed E-state index contributed by atoms with van der Waals surface area (Å²) in [5, 5.41) is 12.6. The minimum atomic E-state index is -0.0984. The number of likely N-dealkylation sites (tertiary alicyclic amines) is 1. The number of benzene rings is 1. The Bertz CT molecular complexity index is 431. The van der Waals surface area contributed by atoms with Crippen LogP contribution in [0.4, 0.5) is 0 Å². The van der Waals surface area contributed by atoms with Gasteiger partial charge in [-0.25, -0.2) is 0 Å². The SMILES string of the molecule is Cc1c(O)cccc1C(=O)NC1CCN(C)C1. The lowest BCUT2D eigenvalue weighted by molar-refractivity contribution is 0.0937. The first kappa shape index (κ1) is 11.9. The zero-order valence-corrected chi connectivity index (χ0v) is 10.2. The molecule has 92 valence electrons. The van der Waals surface area contributed by atoms with Crippen molar-refractivity contribution in [2.75, 3.05) is 20.1 Å². The van der Waals surface area contributed by atoms with Crippen LogP contribution in [-0.2, 0) is 0 Å². The quantitative estimate of drug-likeness (QED) is 0.806. The number of rotatable bonds is 2. The van der Waals surface area contributed by atoms with Gasteiger partial charge in [-0.05, 0) is 39.1 Å². The molecule has 0 spiro atoms. The standard InChI is InChI=1S/C13H18N2O2/c1-9-11(4-3-5-12(9)16)13(17)14-10-6-7-15(2)8-10/h3-5,10,16H,6-8H2,1-2H3,(H,14,17). The zero-order chi connectivity index (χ0) is 12.4. The van der Waals surface area contributed by atoms with E-state index in [1.54, 1.807) is 25.1 Å². The van der Waals surface area contributed by atoms with Gasteiger partial charge in [-0.15, -0.1) is 0 Å². The van der Waals surface area contributed by atoms with Crippen molar-refractivity contribution in [2.24, 2.45) is 0 Å². The van der Waals surface area contributed by atoms with Crippen LogP contribution in [0.2, 0.25) is 0 Å². The second-order valence-corrected chi connectivity index (χ2v) is 4.67. The summed E-state index contributed by atoms with van der Waals surface area (Å²) in [4.78, 5) is 14.2. The van der Waals surface area contributed by atoms with Gasteiger partial charge >= 0.3 is 0 Å². The fourth-order valence-corrected chi connectivity index (χ4v) is 2.19. The summed E-state index contributed by atoms with van der Waals surface area (Å²) in [6.07, 6.45) is 0.986. The van der Waals surface area contributed by atoms with Gasteiger partial charge in [0, 0.05) is 23.7 Å². The molecule has 0 saturated carbocycles. The molecule has 4 nitrogen and oxygen atoms in total. The third-order valence-electron chi connectivity index (χ3n) is 3.28. The molecule has 1 saturated heterocycles. The Morgan fingerprint density at radius 2 is 2.29 bits per heavy atom. The van der Waals surface area contributed by atoms with Gasteiger partial charge in [-0.1, -0.05) is 6.07 Å². The molecule has 1 aromatic rings. The monoisotopic (exact) mass is 234 g/mol. The second kappa shape index (κ2) is 4.75. The van der Waals surface area contributed by atoms with Crippen molar-refractivity contribution in [3.63, 3.8) is 0 Å². The number of hydrogen-bond acceptors (Lipinski definition) is 3. The number of nitrogens with zero attached hydrogens (tertiary/aromatic N) is 1. The Morgan fingerprint density at radius 3 is 2.94 bits per heavy atom. The summed E-state index contributed by atoms with van der Waals surface area (Å²) in [6.45, 7) is 3.67. The predicted octanol–water partition coefficient (Wildman–Crippen LogP) is 1.13. The highest BCUT2D eigenvalue weighted by atomic mass is 16.3. The number of likely N-dealkylation sites (N-methyl/N-ethyl adjacent to an activating group) is 1. The fraction of sp³-hybridized carbons (Fsp3) is 0.462. The largest absolute Gasteiger partial charge is 0.508 e. The lowest BCUT2D eigenvalue weighted by Gasteiger charge is -2.14. The van der Waals surface area contributed by atoms with E-state index in [1.165, 1.54) is 0 Å². The van der Waals surface area contributed by atoms with E-state index in [1.807, 2.05) is 7.05 Å². The second-order valence-electron chi connectivity index (χ2n) is 4.67. The molecule has 1 aliphatic rings. The molecular formula is C13H18N2O2. The average Bonchev–Trinajstić information content (AvgIpc) is 2.68. The van der Waals surface area contributed by atoms with E-state index < -0.39 is 0 Å². The molecule has 0 aliphatic carbocycles. The topological polar surface area (TPSA) is 52.6 Å². The lowest BCUT2D eigenvalue weighted by atomic mass is 10.1. The van der Waals surface area contributed by atoms with Gasteiger partial charge in [-0.3, -0.25) is 4.79 Å². The molecule has 1 fully saturated rings. The van der Waals surface area contributed by atoms with Crippen LogP contribution in [0.3, 0.4) is 0 Å². The lowest BCUT2D eigenvalue weighted by Crippen LogP contribution is -2.36. The summed E-state index contributed by atoms with van der Waals surface area (Å²) in [6, 6.07) is 5.24. The average molecular weight is 234 g/mol. The summed E-state index contributed by atoms with van der Waals surface area (Å²) in [5.74, 6) is 0.0693. The molecule has 2 rings (SSSR count). The number of aromatic hydroxyl groups is 1. The van der Waals surface area contributed by atoms with Gasteiger partial charge < -0.3 is 15.3 Å². The maximum absolute atomic E-state index is 12.0. The molecule has 0 bridgehead atoms. The van der Waals surface area contributed by atoms with E-state index >= 15 is 0 Å². The Kier molecular flexibility index (Phi) is 3.33. The molecule has 0 radical (unpaired) electrons. The third-order valence-corrected chi connectivity index (χ3v) is 3.28. The normalized spacial score (nSPS) is 20.5. The van der Waals surface area contributed by atoms with Gasteiger partial charge in [0.1, 0.15) is 5.75 Å². The van der Waals surface area contributed by atoms with Crippen LogP contribution in [0.15, 0.2) is 18.2 Å². The molecule has 0 aromatic heterocycles. The van der Waals surface area contributed by atoms with E-state index in [-0.39, 0.29) is 17.7 Å². The molecule has 4 heteroatoms. The van der Waals surface area contributed by atoms with Crippen LogP contribution >= 0.6 is 0 Å². The highest BCUT2D eigenvalue weighted by molar-refractivity contribution is 5.96. The number of amides is 1. The number of phenolic OH excluding ortho intramolecular Hbond substituents is 1. The Hall–Kier alpha value is -1.55. The number of carbonyl (C=O) groups is 1. The number of phenols is 1. The Balaban J connectivity index is 2.07. The highest BCUT2D eigenvalue weighted by Gasteiger charge is 2.22. The van der Waals surface area contributed by atoms with Gasteiger partial charge in [0.05, 0.1) is 0 Å². The first-order chi connectivity index (χ1) is 8.08. The number of hydrogen-bond donors (Lipinski definition) is 2. The molecule has 2 N–H and O–H groups in total. The van der Waals surface area contributed by atoms with Crippen LogP contribution in [-0.4, -0.2) is 42.1 Å². The third kappa shape index (κ3) is 2.58. The van der Waals surface area contributed by atoms with Crippen LogP contribution in [0, 0.1) is 6.92 Å². The first-order valence-corrected chi connectivity index (χ1v) is 5.86. The molecule has 1 heterocycles. The summed E-state index contributed by atoms with van der Waals surface area (Å²) < 4.78 is 0. The highest BCUT2D eigenvalue weighted by Crippen LogP contribution is 2.19. The van der Waals surface area contributed by atoms with Crippen LogP contribution in [0.5, 0.6) is 5.75 Å². The van der Waals surface area contributed by atoms with Gasteiger partial charge in [0.15, 0.2) is 0 Å². The van der Waals surface area contributed by atoms with Crippen molar-refractivity contribution in [3.05, 3.63) is 29.3 Å². The molecule has 1 unspecified atom stereocenters. The molecular weight excluding hydrogens is 216 g/mol. The minimum absolute atomic E-state index is 0.0984. The number of nitrogens with one attached hydrogen (secondary N) is 1. The summed E-state index contributed by atoms with van der Waals surface area (Å²) in [5.41, 5.74) is 1.19. The van der Waals surface area contributed by atoms with E-state index in [0.717, 1.165) is 19.5 Å². The van der Waals surface area contributed by atoms with Crippen LogP contribution in [0.1, 0.15) is 22.3 Å². The van der Waals surface area contributed by atoms with Crippen molar-refractivity contribution in [3.8, 4) is 5.75 Å². The summed E-state index contributed by atoms with van der Waals surface area (Å²) >= 11 is 0. The summed E-state index contributed by atoms with van der Waals surface area (Å²) in [7, 11) is 2.05. The van der Waals surface area contributed by atoms with Crippen molar-refractivity contribution >= 4 is 5.91 Å². The smallest absolute Gasteiger partial charge is 0.251 e. The van der Waals surface area contributed by atoms with Gasteiger partial charge in [0.2, 0.25) is 0 Å². The Morgan fingerprint density at radius 1 is 1.53 bits per heavy atom. The Labute approximate surface area is 101 Å². The molecule has 1 amide bonds. The van der Waals surface area contributed by atoms with Crippen LogP contribution < -0.4 is 5.32 Å². The van der Waals surface area contributed by atoms with Crippen molar-refractivity contribution in [1.82, 2.24) is 10.2 Å². The molecule has 1 aliphatic heterocycles. The fourth-order valence-electron chi connectivity index (χ4n) is 2.19. The zero-order valence-electron chi connectivity index (χ0n) is 10.2. The molecule has 17 heavy (non-hydrogen) atoms. The van der Waals surface area contributed by atoms with E-state index in [4.69, 9.17) is 0 Å². The first-order valence-electron chi connectivity index (χ1n) is 5.86. The van der Waals surface area contributed by atoms with Crippen LogP contribution in [0.25, 0.3) is 0 Å². The number of carbonyl (C=O) groups excluding carboxylic acids is 1. The predicted molar refractivity (Wildman–Crippen MR) is 66.2 cm³/mol. The van der Waals surface area contributed by atoms with E-state index in [9.17, 15) is 9.90 Å². The molecule has 1 aromatic carbocycles. The maximum Gasteiger partial charge on any atom is 0.251 e. The van der Waals surface area contributed by atoms with Gasteiger partial charge in [-0.2, -0.15) is 0 Å².